The van der Waals surface area contributed by atoms with Crippen molar-refractivity contribution in [1.82, 2.24) is 0 Å². The van der Waals surface area contributed by atoms with Crippen molar-refractivity contribution in [3.8, 4) is 0 Å². The molecule has 0 unspecified atom stereocenters. The van der Waals surface area contributed by atoms with E-state index >= 15 is 0 Å². The molecule has 0 aromatic heterocycles. The molecular formula is C10H14O. The van der Waals surface area contributed by atoms with Gasteiger partial charge in [-0.3, -0.25) is 4.79 Å². The van der Waals surface area contributed by atoms with Crippen molar-refractivity contribution in [2.45, 2.75) is 38.5 Å². The lowest BCUT2D eigenvalue weighted by Gasteiger charge is -2.41. The zero-order valence-electron chi connectivity index (χ0n) is 6.81. The second kappa shape index (κ2) is 1.70. The van der Waals surface area contributed by atoms with E-state index in [4.69, 9.17) is 0 Å². The molecular weight excluding hydrogens is 136 g/mol. The molecule has 60 valence electrons. The van der Waals surface area contributed by atoms with Gasteiger partial charge in [0.1, 0.15) is 5.78 Å². The predicted molar refractivity (Wildman–Crippen MR) is 42.1 cm³/mol. The predicted octanol–water partition coefficient (Wildman–Crippen LogP) is 2.16. The molecule has 11 heavy (non-hydrogen) atoms. The average Bonchev–Trinajstić information content (AvgIpc) is 2.57. The Morgan fingerprint density at radius 1 is 1.09 bits per heavy atom. The van der Waals surface area contributed by atoms with Gasteiger partial charge in [-0.25, -0.2) is 0 Å². The summed E-state index contributed by atoms with van der Waals surface area (Å²) in [4.78, 5) is 11.5. The highest BCUT2D eigenvalue weighted by molar-refractivity contribution is 5.91. The van der Waals surface area contributed by atoms with Crippen LogP contribution in [0.3, 0.4) is 0 Å². The van der Waals surface area contributed by atoms with Crippen LogP contribution in [0.25, 0.3) is 0 Å². The molecule has 0 aliphatic heterocycles. The van der Waals surface area contributed by atoms with Crippen LogP contribution in [0.1, 0.15) is 38.5 Å². The van der Waals surface area contributed by atoms with Gasteiger partial charge in [0, 0.05) is 11.8 Å². The molecule has 3 fully saturated rings. The summed E-state index contributed by atoms with van der Waals surface area (Å²) in [5.41, 5.74) is 0.264. The van der Waals surface area contributed by atoms with Crippen molar-refractivity contribution >= 4 is 5.78 Å². The lowest BCUT2D eigenvalue weighted by atomic mass is 9.61. The van der Waals surface area contributed by atoms with Gasteiger partial charge in [0.25, 0.3) is 0 Å². The third-order valence-corrected chi connectivity index (χ3v) is 4.47. The van der Waals surface area contributed by atoms with Gasteiger partial charge in [-0.2, -0.15) is 0 Å². The first kappa shape index (κ1) is 6.22. The SMILES string of the molecule is O=C1CCC12C1CCC2CC1. The van der Waals surface area contributed by atoms with E-state index in [1.54, 1.807) is 0 Å². The largest absolute Gasteiger partial charge is 0.299 e. The Morgan fingerprint density at radius 2 is 1.64 bits per heavy atom. The molecule has 1 heteroatoms. The molecule has 0 atom stereocenters. The van der Waals surface area contributed by atoms with Crippen molar-refractivity contribution < 1.29 is 4.79 Å². The standard InChI is InChI=1S/C10H14O/c11-9-5-6-10(9)7-1-2-8(10)4-3-7/h7-8H,1-6H2. The Kier molecular flexibility index (Phi) is 0.961. The second-order valence-electron chi connectivity index (χ2n) is 4.51. The molecule has 1 nitrogen and oxygen atoms in total. The summed E-state index contributed by atoms with van der Waals surface area (Å²) in [5.74, 6) is 2.24. The van der Waals surface area contributed by atoms with Crippen LogP contribution < -0.4 is 0 Å². The number of hydrogen-bond donors (Lipinski definition) is 0. The van der Waals surface area contributed by atoms with Gasteiger partial charge >= 0.3 is 0 Å². The summed E-state index contributed by atoms with van der Waals surface area (Å²) in [5, 5.41) is 0. The highest BCUT2D eigenvalue weighted by Gasteiger charge is 2.62. The van der Waals surface area contributed by atoms with Crippen LogP contribution in [0.4, 0.5) is 0 Å². The summed E-state index contributed by atoms with van der Waals surface area (Å²) >= 11 is 0. The molecule has 3 saturated carbocycles. The van der Waals surface area contributed by atoms with Gasteiger partial charge in [0.05, 0.1) is 0 Å². The van der Waals surface area contributed by atoms with E-state index in [0.717, 1.165) is 18.3 Å². The van der Waals surface area contributed by atoms with Crippen LogP contribution in [0.2, 0.25) is 0 Å². The highest BCUT2D eigenvalue weighted by atomic mass is 16.1. The van der Waals surface area contributed by atoms with Crippen LogP contribution in [-0.2, 0) is 4.79 Å². The van der Waals surface area contributed by atoms with Gasteiger partial charge in [-0.1, -0.05) is 0 Å². The minimum Gasteiger partial charge on any atom is -0.299 e. The Bertz CT molecular complexity index is 199. The van der Waals surface area contributed by atoms with Gasteiger partial charge in [0.2, 0.25) is 0 Å². The zero-order chi connectivity index (χ0) is 7.47. The fourth-order valence-electron chi connectivity index (χ4n) is 3.84. The van der Waals surface area contributed by atoms with E-state index in [-0.39, 0.29) is 5.41 Å². The van der Waals surface area contributed by atoms with E-state index in [0.29, 0.717) is 5.78 Å². The van der Waals surface area contributed by atoms with Crippen LogP contribution >= 0.6 is 0 Å². The maximum absolute atomic E-state index is 11.5. The molecule has 0 amide bonds. The molecule has 3 aliphatic carbocycles. The second-order valence-corrected chi connectivity index (χ2v) is 4.51. The highest BCUT2D eigenvalue weighted by Crippen LogP contribution is 2.65. The van der Waals surface area contributed by atoms with Gasteiger partial charge < -0.3 is 0 Å². The normalized spacial score (nSPS) is 53.6. The Labute approximate surface area is 67.2 Å². The fourth-order valence-corrected chi connectivity index (χ4v) is 3.84. The van der Waals surface area contributed by atoms with Gasteiger partial charge in [0.15, 0.2) is 0 Å². The number of hydrogen-bond acceptors (Lipinski definition) is 1. The Morgan fingerprint density at radius 3 is 1.82 bits per heavy atom. The maximum atomic E-state index is 11.5. The monoisotopic (exact) mass is 150 g/mol. The quantitative estimate of drug-likeness (QED) is 0.517. The van der Waals surface area contributed by atoms with Crippen LogP contribution in [0.15, 0.2) is 0 Å². The van der Waals surface area contributed by atoms with Crippen molar-refractivity contribution in [1.29, 1.82) is 0 Å². The van der Waals surface area contributed by atoms with Gasteiger partial charge in [-0.15, -0.1) is 0 Å². The van der Waals surface area contributed by atoms with E-state index in [2.05, 4.69) is 0 Å². The van der Waals surface area contributed by atoms with Crippen LogP contribution in [0, 0.1) is 17.3 Å². The summed E-state index contributed by atoms with van der Waals surface area (Å²) in [6, 6.07) is 0. The number of carbonyl (C=O) groups is 1. The molecule has 0 aromatic rings. The van der Waals surface area contributed by atoms with E-state index in [9.17, 15) is 4.79 Å². The van der Waals surface area contributed by atoms with E-state index < -0.39 is 0 Å². The summed E-state index contributed by atoms with van der Waals surface area (Å²) in [6.07, 6.45) is 7.56. The summed E-state index contributed by atoms with van der Waals surface area (Å²) < 4.78 is 0. The average molecular weight is 150 g/mol. The molecule has 0 aromatic carbocycles. The molecule has 0 radical (unpaired) electrons. The van der Waals surface area contributed by atoms with Crippen molar-refractivity contribution in [3.05, 3.63) is 0 Å². The summed E-state index contributed by atoms with van der Waals surface area (Å²) in [7, 11) is 0. The van der Waals surface area contributed by atoms with E-state index in [1.165, 1.54) is 32.1 Å². The molecule has 0 saturated heterocycles. The molecule has 2 bridgehead atoms. The first-order valence-electron chi connectivity index (χ1n) is 4.87. The third kappa shape index (κ3) is 0.502. The number of rotatable bonds is 0. The summed E-state index contributed by atoms with van der Waals surface area (Å²) in [6.45, 7) is 0. The lowest BCUT2D eigenvalue weighted by molar-refractivity contribution is -0.142. The third-order valence-electron chi connectivity index (χ3n) is 4.47. The Hall–Kier alpha value is -0.330. The Balaban J connectivity index is 2.03. The maximum Gasteiger partial charge on any atom is 0.139 e. The fraction of sp³-hybridized carbons (Fsp3) is 0.900. The minimum absolute atomic E-state index is 0.264. The lowest BCUT2D eigenvalue weighted by Crippen LogP contribution is -2.44. The van der Waals surface area contributed by atoms with Crippen molar-refractivity contribution in [3.63, 3.8) is 0 Å². The van der Waals surface area contributed by atoms with Crippen molar-refractivity contribution in [2.24, 2.45) is 17.3 Å². The van der Waals surface area contributed by atoms with Gasteiger partial charge in [-0.05, 0) is 43.9 Å². The van der Waals surface area contributed by atoms with Crippen LogP contribution in [0.5, 0.6) is 0 Å². The molecule has 0 heterocycles. The molecule has 3 aliphatic rings. The number of Topliss-reactive ketones (excluding diaryl/α,β-unsaturated/α-hetero) is 1. The molecule has 0 N–H and O–H groups in total. The first-order valence-corrected chi connectivity index (χ1v) is 4.87. The van der Waals surface area contributed by atoms with Crippen LogP contribution in [-0.4, -0.2) is 5.78 Å². The number of carbonyl (C=O) groups excluding carboxylic acids is 1. The first-order chi connectivity index (χ1) is 5.34. The molecule has 1 spiro atoms. The molecule has 3 rings (SSSR count). The smallest absolute Gasteiger partial charge is 0.139 e. The topological polar surface area (TPSA) is 17.1 Å². The zero-order valence-corrected chi connectivity index (χ0v) is 6.81. The van der Waals surface area contributed by atoms with Crippen molar-refractivity contribution in [2.75, 3.05) is 0 Å². The van der Waals surface area contributed by atoms with E-state index in [1.807, 2.05) is 0 Å². The minimum atomic E-state index is 0.264. The number of ketones is 1.